The van der Waals surface area contributed by atoms with E-state index in [-0.39, 0.29) is 17.2 Å². The number of benzene rings is 3. The number of halogens is 1. The number of ether oxygens (including phenoxy) is 3. The molecule has 1 aromatic heterocycles. The van der Waals surface area contributed by atoms with Crippen LogP contribution in [0.3, 0.4) is 0 Å². The summed E-state index contributed by atoms with van der Waals surface area (Å²) in [7, 11) is 3.08. The molecule has 0 bridgehead atoms. The normalized spacial score (nSPS) is 12.2. The van der Waals surface area contributed by atoms with Crippen molar-refractivity contribution in [3.63, 3.8) is 0 Å². The molecule has 0 amide bonds. The lowest BCUT2D eigenvalue weighted by Crippen LogP contribution is -2.24. The van der Waals surface area contributed by atoms with Crippen LogP contribution in [0.15, 0.2) is 62.9 Å². The van der Waals surface area contributed by atoms with E-state index < -0.39 is 12.1 Å². The van der Waals surface area contributed by atoms with E-state index in [4.69, 9.17) is 19.2 Å². The Morgan fingerprint density at radius 2 is 1.77 bits per heavy atom. The molecule has 0 unspecified atom stereocenters. The number of carboxylic acids is 1. The molecule has 3 aromatic carbocycles. The highest BCUT2D eigenvalue weighted by atomic mass is 79.9. The van der Waals surface area contributed by atoms with Crippen molar-refractivity contribution in [3.05, 3.63) is 80.0 Å². The third-order valence-electron chi connectivity index (χ3n) is 6.42. The summed E-state index contributed by atoms with van der Waals surface area (Å²) in [5, 5.41) is 14.4. The molecule has 9 nitrogen and oxygen atoms in total. The Morgan fingerprint density at radius 1 is 1.07 bits per heavy atom. The number of methoxy groups -OCH3 is 2. The lowest BCUT2D eigenvalue weighted by molar-refractivity contribution is -0.144. The van der Waals surface area contributed by atoms with Gasteiger partial charge in [-0.1, -0.05) is 41.9 Å². The summed E-state index contributed by atoms with van der Waals surface area (Å²) in [5.74, 6) is 0.607. The number of rotatable bonds is 9. The molecule has 1 atom stereocenters. The average molecular weight is 608 g/mol. The fourth-order valence-electron chi connectivity index (χ4n) is 4.28. The van der Waals surface area contributed by atoms with Crippen molar-refractivity contribution < 1.29 is 24.1 Å². The third-order valence-corrected chi connectivity index (χ3v) is 6.87. The van der Waals surface area contributed by atoms with Gasteiger partial charge < -0.3 is 19.3 Å². The number of aryl methyl sites for hydroxylation is 1. The van der Waals surface area contributed by atoms with Gasteiger partial charge in [-0.15, -0.1) is 0 Å². The summed E-state index contributed by atoms with van der Waals surface area (Å²) in [6, 6.07) is 14.3. The van der Waals surface area contributed by atoms with Crippen molar-refractivity contribution in [3.8, 4) is 28.6 Å². The van der Waals surface area contributed by atoms with Crippen LogP contribution < -0.4 is 19.8 Å². The van der Waals surface area contributed by atoms with Gasteiger partial charge in [0.05, 0.1) is 31.3 Å². The van der Waals surface area contributed by atoms with E-state index >= 15 is 0 Å². The first-order valence-electron chi connectivity index (χ1n) is 12.6. The molecule has 0 fully saturated rings. The van der Waals surface area contributed by atoms with Crippen molar-refractivity contribution in [2.45, 2.75) is 39.7 Å². The number of nitrogens with zero attached hydrogens (tertiary/aromatic N) is 3. The molecular weight excluding hydrogens is 578 g/mol. The van der Waals surface area contributed by atoms with Crippen LogP contribution in [0.5, 0.6) is 17.2 Å². The van der Waals surface area contributed by atoms with E-state index in [1.54, 1.807) is 37.4 Å². The zero-order valence-corrected chi connectivity index (χ0v) is 24.6. The zero-order valence-electron chi connectivity index (χ0n) is 23.1. The summed E-state index contributed by atoms with van der Waals surface area (Å²) in [4.78, 5) is 30.1. The van der Waals surface area contributed by atoms with Crippen molar-refractivity contribution >= 4 is 39.0 Å². The van der Waals surface area contributed by atoms with E-state index in [2.05, 4.69) is 34.9 Å². The number of aromatic nitrogens is 2. The lowest BCUT2D eigenvalue weighted by atomic mass is 9.96. The Hall–Kier alpha value is -4.18. The number of hydrogen-bond donors (Lipinski definition) is 1. The predicted octanol–water partition coefficient (Wildman–Crippen LogP) is 6.01. The number of carboxylic acid groups (broad SMARTS) is 1. The number of para-hydroxylation sites is 1. The van der Waals surface area contributed by atoms with E-state index in [0.717, 1.165) is 22.4 Å². The molecule has 0 saturated heterocycles. The number of hydrogen-bond acceptors (Lipinski definition) is 7. The quantitative estimate of drug-likeness (QED) is 0.232. The standard InChI is InChI=1S/C30H30BrN3O6/c1-16(2)22-14-23(17(3)11-25(22)38-5)28-33-24-10-8-7-9-21(24)29(35)34(28)32-15-19-12-20(31)13-26(39-6)27(19)40-18(4)30(36)37/h7-16,18H,1-6H3,(H,36,37)/t18-/m0/s1. The largest absolute Gasteiger partial charge is 0.496 e. The molecule has 1 heterocycles. The maximum Gasteiger partial charge on any atom is 0.344 e. The minimum absolute atomic E-state index is 0.156. The molecule has 208 valence electrons. The van der Waals surface area contributed by atoms with Crippen LogP contribution >= 0.6 is 15.9 Å². The maximum atomic E-state index is 13.8. The van der Waals surface area contributed by atoms with Crippen molar-refractivity contribution in [2.24, 2.45) is 5.10 Å². The minimum Gasteiger partial charge on any atom is -0.496 e. The molecule has 0 aliphatic carbocycles. The number of fused-ring (bicyclic) bond motifs is 1. The Labute approximate surface area is 240 Å². The Balaban J connectivity index is 1.99. The predicted molar refractivity (Wildman–Crippen MR) is 158 cm³/mol. The summed E-state index contributed by atoms with van der Waals surface area (Å²) in [6.45, 7) is 7.47. The number of carbonyl (C=O) groups is 1. The highest BCUT2D eigenvalue weighted by Gasteiger charge is 2.21. The van der Waals surface area contributed by atoms with Gasteiger partial charge >= 0.3 is 5.97 Å². The Bertz CT molecular complexity index is 1680. The van der Waals surface area contributed by atoms with Gasteiger partial charge in [0.2, 0.25) is 0 Å². The van der Waals surface area contributed by atoms with Gasteiger partial charge in [-0.25, -0.2) is 9.78 Å². The highest BCUT2D eigenvalue weighted by molar-refractivity contribution is 9.10. The van der Waals surface area contributed by atoms with Crippen molar-refractivity contribution in [2.75, 3.05) is 14.2 Å². The van der Waals surface area contributed by atoms with Crippen molar-refractivity contribution in [1.82, 2.24) is 9.66 Å². The summed E-state index contributed by atoms with van der Waals surface area (Å²) in [5.41, 5.74) is 3.14. The van der Waals surface area contributed by atoms with Crippen LogP contribution in [0.1, 0.15) is 43.4 Å². The van der Waals surface area contributed by atoms with Gasteiger partial charge in [0.15, 0.2) is 23.4 Å². The van der Waals surface area contributed by atoms with Crippen LogP contribution in [0, 0.1) is 6.92 Å². The summed E-state index contributed by atoms with van der Waals surface area (Å²) >= 11 is 3.45. The lowest BCUT2D eigenvalue weighted by Gasteiger charge is -2.18. The number of aliphatic carboxylic acids is 1. The average Bonchev–Trinajstić information content (AvgIpc) is 2.92. The summed E-state index contributed by atoms with van der Waals surface area (Å²) in [6.07, 6.45) is 0.278. The fraction of sp³-hybridized carbons (Fsp3) is 0.267. The molecule has 40 heavy (non-hydrogen) atoms. The Morgan fingerprint density at radius 3 is 2.42 bits per heavy atom. The maximum absolute atomic E-state index is 13.8. The van der Waals surface area contributed by atoms with Gasteiger partial charge in [-0.2, -0.15) is 9.78 Å². The van der Waals surface area contributed by atoms with E-state index in [9.17, 15) is 14.7 Å². The van der Waals surface area contributed by atoms with Crippen LogP contribution in [-0.2, 0) is 4.79 Å². The van der Waals surface area contributed by atoms with Crippen molar-refractivity contribution in [1.29, 1.82) is 0 Å². The molecule has 0 aliphatic heterocycles. The smallest absolute Gasteiger partial charge is 0.344 e. The van der Waals surface area contributed by atoms with Crippen LogP contribution in [0.25, 0.3) is 22.3 Å². The Kier molecular flexibility index (Phi) is 8.58. The minimum atomic E-state index is -1.15. The van der Waals surface area contributed by atoms with Crippen LogP contribution in [-0.4, -0.2) is 47.3 Å². The molecular formula is C30H30BrN3O6. The second-order valence-electron chi connectivity index (χ2n) is 9.50. The monoisotopic (exact) mass is 607 g/mol. The van der Waals surface area contributed by atoms with Gasteiger partial charge in [-0.05, 0) is 67.3 Å². The molecule has 0 saturated carbocycles. The van der Waals surface area contributed by atoms with Gasteiger partial charge in [0.25, 0.3) is 5.56 Å². The molecule has 0 radical (unpaired) electrons. The first-order valence-corrected chi connectivity index (χ1v) is 13.4. The van der Waals surface area contributed by atoms with E-state index in [1.165, 1.54) is 24.9 Å². The molecule has 0 aliphatic rings. The van der Waals surface area contributed by atoms with Crippen LogP contribution in [0.4, 0.5) is 0 Å². The second kappa shape index (κ2) is 11.9. The van der Waals surface area contributed by atoms with Gasteiger partial charge in [0, 0.05) is 15.6 Å². The third kappa shape index (κ3) is 5.72. The highest BCUT2D eigenvalue weighted by Crippen LogP contribution is 2.36. The molecule has 0 spiro atoms. The second-order valence-corrected chi connectivity index (χ2v) is 10.4. The molecule has 4 aromatic rings. The van der Waals surface area contributed by atoms with E-state index in [0.29, 0.717) is 32.5 Å². The fourth-order valence-corrected chi connectivity index (χ4v) is 4.74. The topological polar surface area (TPSA) is 112 Å². The molecule has 1 N–H and O–H groups in total. The molecule has 10 heteroatoms. The van der Waals surface area contributed by atoms with Gasteiger partial charge in [-0.3, -0.25) is 4.79 Å². The summed E-state index contributed by atoms with van der Waals surface area (Å²) < 4.78 is 18.7. The first kappa shape index (κ1) is 28.8. The zero-order chi connectivity index (χ0) is 29.1. The SMILES string of the molecule is COc1cc(C)c(-c2nc3ccccc3c(=O)n2N=Cc2cc(Br)cc(OC)c2O[C@@H](C)C(=O)O)cc1C(C)C. The first-order chi connectivity index (χ1) is 19.0. The molecule has 4 rings (SSSR count). The van der Waals surface area contributed by atoms with Crippen LogP contribution in [0.2, 0.25) is 0 Å². The van der Waals surface area contributed by atoms with Gasteiger partial charge in [0.1, 0.15) is 5.75 Å². The van der Waals surface area contributed by atoms with E-state index in [1.807, 2.05) is 25.1 Å².